The number of benzene rings is 1. The van der Waals surface area contributed by atoms with Gasteiger partial charge in [-0.25, -0.2) is 0 Å². The van der Waals surface area contributed by atoms with Crippen LogP contribution in [0.2, 0.25) is 5.02 Å². The van der Waals surface area contributed by atoms with Crippen LogP contribution in [0.1, 0.15) is 36.8 Å². The van der Waals surface area contributed by atoms with Crippen molar-refractivity contribution < 1.29 is 18.0 Å². The molecule has 0 bridgehead atoms. The monoisotopic (exact) mass is 371 g/mol. The molecule has 1 amide bonds. The van der Waals surface area contributed by atoms with Gasteiger partial charge in [0.25, 0.3) is 5.91 Å². The zero-order chi connectivity index (χ0) is 18.8. The molecule has 2 N–H and O–H groups in total. The Kier molecular flexibility index (Phi) is 5.27. The quantitative estimate of drug-likeness (QED) is 0.778. The van der Waals surface area contributed by atoms with Crippen LogP contribution in [0.25, 0.3) is 0 Å². The van der Waals surface area contributed by atoms with Crippen molar-refractivity contribution in [2.24, 2.45) is 0 Å². The van der Waals surface area contributed by atoms with Crippen LogP contribution in [0.5, 0.6) is 0 Å². The van der Waals surface area contributed by atoms with E-state index < -0.39 is 22.7 Å². The average molecular weight is 372 g/mol. The van der Waals surface area contributed by atoms with Crippen molar-refractivity contribution in [1.82, 2.24) is 4.98 Å². The van der Waals surface area contributed by atoms with Crippen molar-refractivity contribution in [3.05, 3.63) is 52.8 Å². The number of carbonyl (C=O) groups is 1. The maximum Gasteiger partial charge on any atom is 0.417 e. The molecule has 0 fully saturated rings. The van der Waals surface area contributed by atoms with Crippen LogP contribution < -0.4 is 10.6 Å². The fourth-order valence-electron chi connectivity index (χ4n) is 2.08. The second kappa shape index (κ2) is 6.92. The number of carbonyl (C=O) groups excluding carboxylic acids is 1. The molecule has 1 aromatic heterocycles. The summed E-state index contributed by atoms with van der Waals surface area (Å²) in [5.41, 5.74) is -0.481. The highest BCUT2D eigenvalue weighted by molar-refractivity contribution is 6.31. The minimum atomic E-state index is -4.60. The van der Waals surface area contributed by atoms with E-state index in [1.807, 2.05) is 20.8 Å². The Morgan fingerprint density at radius 2 is 1.76 bits per heavy atom. The Morgan fingerprint density at radius 1 is 1.08 bits per heavy atom. The van der Waals surface area contributed by atoms with Crippen molar-refractivity contribution in [3.63, 3.8) is 0 Å². The number of anilines is 2. The predicted molar refractivity (Wildman–Crippen MR) is 92.0 cm³/mol. The molecule has 0 aliphatic rings. The Labute approximate surface area is 148 Å². The van der Waals surface area contributed by atoms with Gasteiger partial charge in [0.05, 0.1) is 10.6 Å². The van der Waals surface area contributed by atoms with Crippen LogP contribution in [0.3, 0.4) is 0 Å². The van der Waals surface area contributed by atoms with E-state index in [0.717, 1.165) is 12.1 Å². The zero-order valence-electron chi connectivity index (χ0n) is 13.8. The summed E-state index contributed by atoms with van der Waals surface area (Å²) in [5, 5.41) is 5.16. The minimum absolute atomic E-state index is 0.0160. The largest absolute Gasteiger partial charge is 0.417 e. The van der Waals surface area contributed by atoms with E-state index in [9.17, 15) is 18.0 Å². The molecule has 0 unspecified atom stereocenters. The molecular formula is C17H17ClF3N3O. The summed E-state index contributed by atoms with van der Waals surface area (Å²) in [6.07, 6.45) is -3.15. The number of alkyl halides is 3. The first-order chi connectivity index (χ1) is 11.5. The molecule has 0 spiro atoms. The standard InChI is InChI=1S/C17H17ClF3N3O/c1-16(2,3)24-11-6-7-22-14(9-11)15(25)23-10-4-5-13(18)12(8-10)17(19,20)21/h4-9H,1-3H3,(H,22,24)(H,23,25). The van der Waals surface area contributed by atoms with Crippen molar-refractivity contribution in [1.29, 1.82) is 0 Å². The molecule has 2 aromatic rings. The number of aromatic nitrogens is 1. The number of nitrogens with zero attached hydrogens (tertiary/aromatic N) is 1. The molecule has 0 radical (unpaired) electrons. The molecule has 8 heteroatoms. The van der Waals surface area contributed by atoms with Gasteiger partial charge in [-0.05, 0) is 51.1 Å². The lowest BCUT2D eigenvalue weighted by Crippen LogP contribution is -2.26. The summed E-state index contributed by atoms with van der Waals surface area (Å²) in [4.78, 5) is 16.2. The Bertz CT molecular complexity index is 785. The molecule has 0 aliphatic heterocycles. The normalized spacial score (nSPS) is 12.0. The second-order valence-electron chi connectivity index (χ2n) is 6.45. The third kappa shape index (κ3) is 5.35. The molecule has 134 valence electrons. The van der Waals surface area contributed by atoms with E-state index in [1.165, 1.54) is 18.3 Å². The molecule has 1 aromatic carbocycles. The van der Waals surface area contributed by atoms with E-state index in [4.69, 9.17) is 11.6 Å². The summed E-state index contributed by atoms with van der Waals surface area (Å²) in [6, 6.07) is 6.41. The van der Waals surface area contributed by atoms with E-state index in [2.05, 4.69) is 15.6 Å². The summed E-state index contributed by atoms with van der Waals surface area (Å²) >= 11 is 5.56. The first-order valence-corrected chi connectivity index (χ1v) is 7.76. The first kappa shape index (κ1) is 19.1. The van der Waals surface area contributed by atoms with Crippen LogP contribution in [-0.4, -0.2) is 16.4 Å². The van der Waals surface area contributed by atoms with Gasteiger partial charge in [-0.15, -0.1) is 0 Å². The maximum absolute atomic E-state index is 12.9. The number of halogens is 4. The number of hydrogen-bond donors (Lipinski definition) is 2. The van der Waals surface area contributed by atoms with Crippen LogP contribution in [0.4, 0.5) is 24.5 Å². The fraction of sp³-hybridized carbons (Fsp3) is 0.294. The molecule has 0 saturated carbocycles. The molecule has 1 heterocycles. The first-order valence-electron chi connectivity index (χ1n) is 7.38. The highest BCUT2D eigenvalue weighted by Crippen LogP contribution is 2.36. The number of hydrogen-bond acceptors (Lipinski definition) is 3. The third-order valence-corrected chi connectivity index (χ3v) is 3.37. The third-order valence-electron chi connectivity index (χ3n) is 3.04. The van der Waals surface area contributed by atoms with Gasteiger partial charge in [-0.1, -0.05) is 11.6 Å². The van der Waals surface area contributed by atoms with Gasteiger partial charge in [-0.2, -0.15) is 13.2 Å². The number of nitrogens with one attached hydrogen (secondary N) is 2. The highest BCUT2D eigenvalue weighted by Gasteiger charge is 2.33. The SMILES string of the molecule is CC(C)(C)Nc1ccnc(C(=O)Nc2ccc(Cl)c(C(F)(F)F)c2)c1. The van der Waals surface area contributed by atoms with Crippen LogP contribution in [-0.2, 0) is 6.18 Å². The minimum Gasteiger partial charge on any atom is -0.380 e. The highest BCUT2D eigenvalue weighted by atomic mass is 35.5. The molecule has 2 rings (SSSR count). The summed E-state index contributed by atoms with van der Waals surface area (Å²) < 4.78 is 38.6. The maximum atomic E-state index is 12.9. The molecule has 0 aliphatic carbocycles. The zero-order valence-corrected chi connectivity index (χ0v) is 14.6. The van der Waals surface area contributed by atoms with Gasteiger partial charge in [-0.3, -0.25) is 9.78 Å². The molecule has 0 saturated heterocycles. The molecular weight excluding hydrogens is 355 g/mol. The van der Waals surface area contributed by atoms with E-state index >= 15 is 0 Å². The summed E-state index contributed by atoms with van der Waals surface area (Å²) in [7, 11) is 0. The summed E-state index contributed by atoms with van der Waals surface area (Å²) in [6.45, 7) is 5.87. The van der Waals surface area contributed by atoms with Crippen molar-refractivity contribution in [3.8, 4) is 0 Å². The lowest BCUT2D eigenvalue weighted by molar-refractivity contribution is -0.137. The van der Waals surface area contributed by atoms with Crippen molar-refractivity contribution >= 4 is 28.9 Å². The van der Waals surface area contributed by atoms with E-state index in [1.54, 1.807) is 6.07 Å². The predicted octanol–water partition coefficient (Wildman–Crippen LogP) is 5.22. The van der Waals surface area contributed by atoms with Crippen molar-refractivity contribution in [2.45, 2.75) is 32.5 Å². The van der Waals surface area contributed by atoms with Crippen LogP contribution >= 0.6 is 11.6 Å². The fourth-order valence-corrected chi connectivity index (χ4v) is 2.31. The van der Waals surface area contributed by atoms with E-state index in [0.29, 0.717) is 5.69 Å². The number of amides is 1. The summed E-state index contributed by atoms with van der Waals surface area (Å²) in [5.74, 6) is -0.618. The lowest BCUT2D eigenvalue weighted by atomic mass is 10.1. The number of rotatable bonds is 3. The van der Waals surface area contributed by atoms with Gasteiger partial charge in [0.2, 0.25) is 0 Å². The van der Waals surface area contributed by atoms with Gasteiger partial charge >= 0.3 is 6.18 Å². The Morgan fingerprint density at radius 3 is 2.36 bits per heavy atom. The second-order valence-corrected chi connectivity index (χ2v) is 6.86. The van der Waals surface area contributed by atoms with Crippen molar-refractivity contribution in [2.75, 3.05) is 10.6 Å². The number of pyridine rings is 1. The molecule has 25 heavy (non-hydrogen) atoms. The van der Waals surface area contributed by atoms with Gasteiger partial charge < -0.3 is 10.6 Å². The molecule has 0 atom stereocenters. The van der Waals surface area contributed by atoms with Gasteiger partial charge in [0, 0.05) is 23.1 Å². The van der Waals surface area contributed by atoms with E-state index in [-0.39, 0.29) is 16.9 Å². The van der Waals surface area contributed by atoms with Gasteiger partial charge in [0.1, 0.15) is 5.69 Å². The smallest absolute Gasteiger partial charge is 0.380 e. The van der Waals surface area contributed by atoms with Gasteiger partial charge in [0.15, 0.2) is 0 Å². The lowest BCUT2D eigenvalue weighted by Gasteiger charge is -2.22. The van der Waals surface area contributed by atoms with Crippen LogP contribution in [0.15, 0.2) is 36.5 Å². The molecule has 4 nitrogen and oxygen atoms in total. The van der Waals surface area contributed by atoms with Crippen LogP contribution in [0, 0.1) is 0 Å². The Hall–Kier alpha value is -2.28. The topological polar surface area (TPSA) is 54.0 Å². The Balaban J connectivity index is 2.22. The average Bonchev–Trinajstić information content (AvgIpc) is 2.46.